The van der Waals surface area contributed by atoms with Crippen molar-refractivity contribution in [2.24, 2.45) is 11.8 Å². The van der Waals surface area contributed by atoms with Crippen molar-refractivity contribution in [3.8, 4) is 16.3 Å². The van der Waals surface area contributed by atoms with Crippen molar-refractivity contribution in [1.29, 1.82) is 0 Å². The largest absolute Gasteiger partial charge is 0.491 e. The molecule has 0 saturated heterocycles. The summed E-state index contributed by atoms with van der Waals surface area (Å²) in [5.41, 5.74) is 0.502. The molecule has 1 fully saturated rings. The lowest BCUT2D eigenvalue weighted by molar-refractivity contribution is -0.137. The zero-order valence-corrected chi connectivity index (χ0v) is 30.9. The number of carbonyl (C=O) groups excluding carboxylic acids is 1. The zero-order valence-electron chi connectivity index (χ0n) is 29.2. The second-order valence-corrected chi connectivity index (χ2v) is 16.6. The van der Waals surface area contributed by atoms with Crippen LogP contribution in [0.2, 0.25) is 0 Å². The lowest BCUT2D eigenvalue weighted by Crippen LogP contribution is -2.50. The molecule has 4 aromatic rings. The monoisotopic (exact) mass is 760 g/mol. The number of hydrogen-bond donors (Lipinski definition) is 4. The number of carbonyl (C=O) groups is 1. The molecule has 11 nitrogen and oxygen atoms in total. The van der Waals surface area contributed by atoms with E-state index < -0.39 is 45.1 Å². The number of aliphatic hydroxyl groups is 1. The van der Waals surface area contributed by atoms with Gasteiger partial charge in [-0.1, -0.05) is 37.3 Å². The van der Waals surface area contributed by atoms with Crippen molar-refractivity contribution >= 4 is 38.9 Å². The van der Waals surface area contributed by atoms with Gasteiger partial charge in [0.05, 0.1) is 23.0 Å². The van der Waals surface area contributed by atoms with E-state index in [2.05, 4.69) is 32.8 Å². The smallest absolute Gasteiger partial charge is 0.416 e. The number of hydrogen-bond acceptors (Lipinski definition) is 10. The number of halogens is 3. The van der Waals surface area contributed by atoms with E-state index in [1.165, 1.54) is 36.6 Å². The molecule has 52 heavy (non-hydrogen) atoms. The third kappa shape index (κ3) is 10.2. The Labute approximate surface area is 305 Å². The average molecular weight is 761 g/mol. The summed E-state index contributed by atoms with van der Waals surface area (Å²) in [5, 5.41) is 22.3. The van der Waals surface area contributed by atoms with Gasteiger partial charge in [-0.3, -0.25) is 9.10 Å². The molecule has 1 saturated carbocycles. The zero-order chi connectivity index (χ0) is 37.6. The summed E-state index contributed by atoms with van der Waals surface area (Å²) in [6.45, 7) is 5.58. The second kappa shape index (κ2) is 16.6. The van der Waals surface area contributed by atoms with E-state index >= 15 is 0 Å². The summed E-state index contributed by atoms with van der Waals surface area (Å²) in [5.74, 6) is 1.20. The van der Waals surface area contributed by atoms with Crippen LogP contribution in [0, 0.1) is 11.8 Å². The van der Waals surface area contributed by atoms with Gasteiger partial charge in [-0.15, -0.1) is 11.3 Å². The molecule has 1 aliphatic carbocycles. The number of anilines is 2. The lowest BCUT2D eigenvalue weighted by Gasteiger charge is -2.26. The number of aromatic nitrogens is 2. The van der Waals surface area contributed by atoms with E-state index in [4.69, 9.17) is 4.74 Å². The van der Waals surface area contributed by atoms with Crippen LogP contribution in [0.4, 0.5) is 24.8 Å². The molecule has 280 valence electrons. The molecule has 2 aromatic heterocycles. The van der Waals surface area contributed by atoms with Crippen LogP contribution in [-0.4, -0.2) is 73.5 Å². The van der Waals surface area contributed by atoms with Crippen LogP contribution in [0.1, 0.15) is 48.7 Å². The number of nitrogens with one attached hydrogen (secondary N) is 3. The van der Waals surface area contributed by atoms with Crippen molar-refractivity contribution in [1.82, 2.24) is 20.6 Å². The van der Waals surface area contributed by atoms with Crippen LogP contribution in [0.15, 0.2) is 72.2 Å². The fourth-order valence-electron chi connectivity index (χ4n) is 5.40. The average Bonchev–Trinajstić information content (AvgIpc) is 3.54. The van der Waals surface area contributed by atoms with Gasteiger partial charge in [-0.25, -0.2) is 18.4 Å². The fourth-order valence-corrected chi connectivity index (χ4v) is 7.02. The molecule has 4 atom stereocenters. The number of sulfonamides is 1. The first-order valence-electron chi connectivity index (χ1n) is 16.8. The van der Waals surface area contributed by atoms with Crippen molar-refractivity contribution in [3.63, 3.8) is 0 Å². The Bertz CT molecular complexity index is 1930. The van der Waals surface area contributed by atoms with Crippen LogP contribution in [0.25, 0.3) is 10.6 Å². The van der Waals surface area contributed by atoms with Gasteiger partial charge < -0.3 is 25.8 Å². The summed E-state index contributed by atoms with van der Waals surface area (Å²) < 4.78 is 72.9. The Hall–Kier alpha value is -4.25. The van der Waals surface area contributed by atoms with E-state index in [0.29, 0.717) is 35.5 Å². The predicted molar refractivity (Wildman–Crippen MR) is 196 cm³/mol. The maximum atomic E-state index is 13.9. The third-order valence-electron chi connectivity index (χ3n) is 8.86. The van der Waals surface area contributed by atoms with Crippen molar-refractivity contribution in [2.75, 3.05) is 36.4 Å². The Morgan fingerprint density at radius 3 is 2.56 bits per heavy atom. The van der Waals surface area contributed by atoms with Gasteiger partial charge in [-0.2, -0.15) is 13.2 Å². The number of amides is 1. The van der Waals surface area contributed by atoms with E-state index in [0.717, 1.165) is 33.4 Å². The first-order valence-corrected chi connectivity index (χ1v) is 19.2. The Kier molecular flexibility index (Phi) is 12.4. The van der Waals surface area contributed by atoms with Gasteiger partial charge in [0.2, 0.25) is 10.0 Å². The minimum atomic E-state index is -4.49. The first-order chi connectivity index (χ1) is 24.6. The van der Waals surface area contributed by atoms with Gasteiger partial charge in [0.1, 0.15) is 29.0 Å². The van der Waals surface area contributed by atoms with Crippen molar-refractivity contribution < 1.29 is 36.2 Å². The molecule has 2 aromatic carbocycles. The third-order valence-corrected chi connectivity index (χ3v) is 11.8. The highest BCUT2D eigenvalue weighted by molar-refractivity contribution is 7.93. The van der Waals surface area contributed by atoms with Crippen LogP contribution in [0.3, 0.4) is 0 Å². The molecule has 16 heteroatoms. The van der Waals surface area contributed by atoms with Gasteiger partial charge >= 0.3 is 6.18 Å². The summed E-state index contributed by atoms with van der Waals surface area (Å²) in [6.07, 6.45) is -3.01. The number of aliphatic hydroxyl groups excluding tert-OH is 1. The quantitative estimate of drug-likeness (QED) is 0.105. The number of thiazole rings is 1. The van der Waals surface area contributed by atoms with Gasteiger partial charge in [0.15, 0.2) is 0 Å². The predicted octanol–water partition coefficient (Wildman–Crippen LogP) is 5.79. The number of alkyl halides is 3. The Morgan fingerprint density at radius 2 is 1.88 bits per heavy atom. The van der Waals surface area contributed by atoms with Gasteiger partial charge in [0.25, 0.3) is 5.91 Å². The summed E-state index contributed by atoms with van der Waals surface area (Å²) in [4.78, 5) is 22.7. The van der Waals surface area contributed by atoms with E-state index in [9.17, 15) is 31.5 Å². The minimum Gasteiger partial charge on any atom is -0.491 e. The highest BCUT2D eigenvalue weighted by Gasteiger charge is 2.33. The number of benzene rings is 2. The maximum Gasteiger partial charge on any atom is 0.416 e. The molecule has 0 aliphatic heterocycles. The standard InChI is InChI=1S/C36H43F3N6O5S2/c1-22(2)52(48,49)45(4)33-17-26(16-32(44-33)42-19-27-13-23(27)3)34(47)43-30(21-50-29-10-6-8-25(15-29)35-41-11-12-51-35)31(46)20-40-18-24-7-5-9-28(14-24)36(37,38)39/h5-12,14-17,22-23,27,30-31,40,46H,13,18-21H2,1-4H3,(H,42,44)(H,43,47)/t23-,27+,30-,31+/m0/s1. The fraction of sp³-hybridized carbons (Fsp3) is 0.417. The molecule has 0 radical (unpaired) electrons. The van der Waals surface area contributed by atoms with E-state index in [1.54, 1.807) is 44.3 Å². The number of nitrogens with zero attached hydrogens (tertiary/aromatic N) is 3. The second-order valence-electron chi connectivity index (χ2n) is 13.2. The molecule has 1 aliphatic rings. The molecular weight excluding hydrogens is 718 g/mol. The summed E-state index contributed by atoms with van der Waals surface area (Å²) in [6, 6.07) is 13.9. The van der Waals surface area contributed by atoms with Gasteiger partial charge in [-0.05, 0) is 68.0 Å². The van der Waals surface area contributed by atoms with E-state index in [-0.39, 0.29) is 31.1 Å². The topological polar surface area (TPSA) is 146 Å². The van der Waals surface area contributed by atoms with Crippen molar-refractivity contribution in [2.45, 2.75) is 57.3 Å². The molecule has 1 amide bonds. The number of ether oxygens (including phenoxy) is 1. The van der Waals surface area contributed by atoms with E-state index in [1.807, 2.05) is 11.4 Å². The molecule has 2 heterocycles. The molecule has 0 unspecified atom stereocenters. The van der Waals surface area contributed by atoms with Crippen LogP contribution >= 0.6 is 11.3 Å². The molecule has 0 spiro atoms. The molecule has 0 bridgehead atoms. The number of pyridine rings is 1. The maximum absolute atomic E-state index is 13.9. The molecular formula is C36H43F3N6O5S2. The lowest BCUT2D eigenvalue weighted by atomic mass is 10.1. The molecule has 4 N–H and O–H groups in total. The highest BCUT2D eigenvalue weighted by atomic mass is 32.2. The molecule has 5 rings (SSSR count). The SMILES string of the molecule is CC(C)S(=O)(=O)N(C)c1cc(C(=O)N[C@@H](COc2cccc(-c3nccs3)c2)[C@H](O)CNCc2cccc(C(F)(F)F)c2)cc(NC[C@H]2C[C@@H]2C)n1. The normalized spacial score (nSPS) is 17.0. The highest BCUT2D eigenvalue weighted by Crippen LogP contribution is 2.37. The Morgan fingerprint density at radius 1 is 1.13 bits per heavy atom. The van der Waals surface area contributed by atoms with Gasteiger partial charge in [0, 0.05) is 49.4 Å². The van der Waals surface area contributed by atoms with Crippen molar-refractivity contribution in [3.05, 3.63) is 88.9 Å². The minimum absolute atomic E-state index is 0.0252. The number of rotatable bonds is 17. The van der Waals surface area contributed by atoms with Crippen LogP contribution < -0.4 is 25.0 Å². The Balaban J connectivity index is 1.36. The van der Waals surface area contributed by atoms with Crippen LogP contribution in [0.5, 0.6) is 5.75 Å². The summed E-state index contributed by atoms with van der Waals surface area (Å²) >= 11 is 1.46. The first kappa shape index (κ1) is 39.0. The van der Waals surface area contributed by atoms with Crippen LogP contribution in [-0.2, 0) is 22.7 Å². The summed E-state index contributed by atoms with van der Waals surface area (Å²) in [7, 11) is -2.40.